The van der Waals surface area contributed by atoms with E-state index >= 15 is 0 Å². The summed E-state index contributed by atoms with van der Waals surface area (Å²) in [7, 11) is 1.66. The average molecular weight is 328 g/mol. The van der Waals surface area contributed by atoms with E-state index in [9.17, 15) is 0 Å². The summed E-state index contributed by atoms with van der Waals surface area (Å²) < 4.78 is 25.5. The van der Waals surface area contributed by atoms with Crippen LogP contribution in [0.25, 0.3) is 11.0 Å². The first-order valence-electron chi connectivity index (χ1n) is 7.96. The number of rotatable bonds is 5. The number of furan rings is 1. The lowest BCUT2D eigenvalue weighted by Crippen LogP contribution is -2.33. The minimum atomic E-state index is -0.975. The van der Waals surface area contributed by atoms with E-state index < -0.39 is 5.79 Å². The van der Waals surface area contributed by atoms with Crippen molar-refractivity contribution in [1.29, 1.82) is 0 Å². The van der Waals surface area contributed by atoms with Crippen LogP contribution in [0.2, 0.25) is 0 Å². The predicted octanol–water partition coefficient (Wildman–Crippen LogP) is 2.85. The Bertz CT molecular complexity index is 827. The standard InChI is InChI=1S/C18H20N2O4/c1-13-3-4-16-14(7-13)8-17(23-16)18(11-20-6-5-19-12-20)22-10-15(24-18)9-21-2/h3-8,12,15H,9-11H2,1-2H3. The molecule has 2 aromatic heterocycles. The van der Waals surface area contributed by atoms with E-state index in [4.69, 9.17) is 18.6 Å². The number of nitrogens with zero attached hydrogens (tertiary/aromatic N) is 2. The van der Waals surface area contributed by atoms with Crippen molar-refractivity contribution in [3.05, 3.63) is 54.3 Å². The fourth-order valence-electron chi connectivity index (χ4n) is 3.09. The lowest BCUT2D eigenvalue weighted by molar-refractivity contribution is -0.201. The molecule has 24 heavy (non-hydrogen) atoms. The van der Waals surface area contributed by atoms with E-state index in [1.54, 1.807) is 19.6 Å². The first kappa shape index (κ1) is 15.4. The molecule has 126 valence electrons. The van der Waals surface area contributed by atoms with Crippen LogP contribution in [0.1, 0.15) is 11.3 Å². The second-order valence-corrected chi connectivity index (χ2v) is 6.15. The van der Waals surface area contributed by atoms with Crippen LogP contribution >= 0.6 is 0 Å². The van der Waals surface area contributed by atoms with Crippen LogP contribution in [0, 0.1) is 6.92 Å². The number of aryl methyl sites for hydroxylation is 1. The third kappa shape index (κ3) is 2.73. The number of hydrogen-bond acceptors (Lipinski definition) is 5. The fourth-order valence-corrected chi connectivity index (χ4v) is 3.09. The summed E-state index contributed by atoms with van der Waals surface area (Å²) >= 11 is 0. The minimum Gasteiger partial charge on any atom is -0.455 e. The molecular weight excluding hydrogens is 308 g/mol. The SMILES string of the molecule is COCC1COC(Cn2ccnc2)(c2cc3cc(C)ccc3o2)O1. The highest BCUT2D eigenvalue weighted by Gasteiger charge is 2.46. The first-order chi connectivity index (χ1) is 11.7. The Labute approximate surface area is 139 Å². The molecule has 6 nitrogen and oxygen atoms in total. The zero-order valence-electron chi connectivity index (χ0n) is 13.8. The van der Waals surface area contributed by atoms with E-state index in [-0.39, 0.29) is 6.10 Å². The molecule has 1 saturated heterocycles. The Morgan fingerprint density at radius 3 is 3.08 bits per heavy atom. The van der Waals surface area contributed by atoms with E-state index in [1.165, 1.54) is 5.56 Å². The van der Waals surface area contributed by atoms with Crippen molar-refractivity contribution in [3.63, 3.8) is 0 Å². The van der Waals surface area contributed by atoms with Crippen LogP contribution in [-0.2, 0) is 26.5 Å². The zero-order valence-corrected chi connectivity index (χ0v) is 13.8. The van der Waals surface area contributed by atoms with Gasteiger partial charge in [0, 0.05) is 24.9 Å². The highest BCUT2D eigenvalue weighted by atomic mass is 16.8. The van der Waals surface area contributed by atoms with Crippen LogP contribution in [0.15, 0.2) is 47.4 Å². The summed E-state index contributed by atoms with van der Waals surface area (Å²) in [5.41, 5.74) is 2.01. The average Bonchev–Trinajstić information content (AvgIpc) is 3.28. The lowest BCUT2D eigenvalue weighted by Gasteiger charge is -2.26. The van der Waals surface area contributed by atoms with Gasteiger partial charge in [0.15, 0.2) is 5.76 Å². The molecule has 0 amide bonds. The second-order valence-electron chi connectivity index (χ2n) is 6.15. The van der Waals surface area contributed by atoms with Gasteiger partial charge in [-0.1, -0.05) is 11.6 Å². The third-order valence-electron chi connectivity index (χ3n) is 4.21. The number of benzene rings is 1. The summed E-state index contributed by atoms with van der Waals surface area (Å²) in [6, 6.07) is 8.09. The van der Waals surface area contributed by atoms with Crippen LogP contribution in [0.5, 0.6) is 0 Å². The van der Waals surface area contributed by atoms with Gasteiger partial charge < -0.3 is 23.2 Å². The Kier molecular flexibility index (Phi) is 3.88. The molecule has 3 aromatic rings. The second kappa shape index (κ2) is 6.05. The van der Waals surface area contributed by atoms with Crippen LogP contribution in [0.4, 0.5) is 0 Å². The summed E-state index contributed by atoms with van der Waals surface area (Å²) in [5.74, 6) is -0.313. The van der Waals surface area contributed by atoms with Crippen molar-refractivity contribution in [2.75, 3.05) is 20.3 Å². The predicted molar refractivity (Wildman–Crippen MR) is 87.6 cm³/mol. The number of fused-ring (bicyclic) bond motifs is 1. The molecule has 0 saturated carbocycles. The van der Waals surface area contributed by atoms with E-state index in [2.05, 4.69) is 18.0 Å². The smallest absolute Gasteiger partial charge is 0.247 e. The normalized spacial score (nSPS) is 24.0. The van der Waals surface area contributed by atoms with Crippen molar-refractivity contribution in [1.82, 2.24) is 9.55 Å². The molecule has 1 fully saturated rings. The third-order valence-corrected chi connectivity index (χ3v) is 4.21. The Hall–Kier alpha value is -2.15. The number of hydrogen-bond donors (Lipinski definition) is 0. The van der Waals surface area contributed by atoms with E-state index in [0.29, 0.717) is 25.5 Å². The molecule has 4 rings (SSSR count). The fraction of sp³-hybridized carbons (Fsp3) is 0.389. The van der Waals surface area contributed by atoms with Gasteiger partial charge in [0.25, 0.3) is 0 Å². The Balaban J connectivity index is 1.73. The molecule has 1 aromatic carbocycles. The van der Waals surface area contributed by atoms with Crippen molar-refractivity contribution >= 4 is 11.0 Å². The summed E-state index contributed by atoms with van der Waals surface area (Å²) in [6.45, 7) is 3.46. The highest BCUT2D eigenvalue weighted by Crippen LogP contribution is 2.39. The largest absolute Gasteiger partial charge is 0.455 e. The molecule has 1 aliphatic heterocycles. The van der Waals surface area contributed by atoms with Gasteiger partial charge in [-0.05, 0) is 25.1 Å². The number of ether oxygens (including phenoxy) is 3. The van der Waals surface area contributed by atoms with E-state index in [1.807, 2.05) is 29.0 Å². The van der Waals surface area contributed by atoms with Crippen LogP contribution in [0.3, 0.4) is 0 Å². The molecule has 0 bridgehead atoms. The monoisotopic (exact) mass is 328 g/mol. The maximum atomic E-state index is 6.22. The van der Waals surface area contributed by atoms with Crippen molar-refractivity contribution in [2.24, 2.45) is 0 Å². The van der Waals surface area contributed by atoms with Crippen LogP contribution < -0.4 is 0 Å². The highest BCUT2D eigenvalue weighted by molar-refractivity contribution is 5.78. The van der Waals surface area contributed by atoms with Gasteiger partial charge in [-0.15, -0.1) is 0 Å². The number of imidazole rings is 1. The van der Waals surface area contributed by atoms with Crippen molar-refractivity contribution in [3.8, 4) is 0 Å². The van der Waals surface area contributed by atoms with Gasteiger partial charge in [0.1, 0.15) is 11.7 Å². The summed E-state index contributed by atoms with van der Waals surface area (Å²) in [5, 5.41) is 1.04. The Morgan fingerprint density at radius 1 is 1.38 bits per heavy atom. The molecule has 0 radical (unpaired) electrons. The van der Waals surface area contributed by atoms with Gasteiger partial charge in [-0.2, -0.15) is 0 Å². The molecule has 0 spiro atoms. The summed E-state index contributed by atoms with van der Waals surface area (Å²) in [6.07, 6.45) is 5.22. The summed E-state index contributed by atoms with van der Waals surface area (Å²) in [4.78, 5) is 4.10. The maximum Gasteiger partial charge on any atom is 0.247 e. The van der Waals surface area contributed by atoms with Gasteiger partial charge in [-0.25, -0.2) is 4.98 Å². The topological polar surface area (TPSA) is 58.7 Å². The first-order valence-corrected chi connectivity index (χ1v) is 7.96. The van der Waals surface area contributed by atoms with Gasteiger partial charge in [0.05, 0.1) is 26.1 Å². The molecule has 6 heteroatoms. The van der Waals surface area contributed by atoms with Gasteiger partial charge in [-0.3, -0.25) is 0 Å². The van der Waals surface area contributed by atoms with Gasteiger partial charge >= 0.3 is 0 Å². The Morgan fingerprint density at radius 2 is 2.29 bits per heavy atom. The van der Waals surface area contributed by atoms with E-state index in [0.717, 1.165) is 11.0 Å². The van der Waals surface area contributed by atoms with Crippen LogP contribution in [-0.4, -0.2) is 36.0 Å². The van der Waals surface area contributed by atoms with Crippen molar-refractivity contribution < 1.29 is 18.6 Å². The molecule has 2 atom stereocenters. The molecule has 2 unspecified atom stereocenters. The molecule has 0 aliphatic carbocycles. The molecule has 0 N–H and O–H groups in total. The zero-order chi connectivity index (χ0) is 16.6. The minimum absolute atomic E-state index is 0.131. The number of aromatic nitrogens is 2. The molecule has 3 heterocycles. The number of methoxy groups -OCH3 is 1. The van der Waals surface area contributed by atoms with Crippen molar-refractivity contribution in [2.45, 2.75) is 25.4 Å². The molecular formula is C18H20N2O4. The lowest BCUT2D eigenvalue weighted by atomic mass is 10.1. The van der Waals surface area contributed by atoms with Gasteiger partial charge in [0.2, 0.25) is 5.79 Å². The maximum absolute atomic E-state index is 6.22. The molecule has 1 aliphatic rings. The quantitative estimate of drug-likeness (QED) is 0.721.